The number of benzene rings is 2. The average Bonchev–Trinajstić information content (AvgIpc) is 3.02. The van der Waals surface area contributed by atoms with Crippen LogP contribution in [0, 0.1) is 16.7 Å². The summed E-state index contributed by atoms with van der Waals surface area (Å²) < 4.78 is 5.91. The van der Waals surface area contributed by atoms with Crippen molar-refractivity contribution in [3.63, 3.8) is 0 Å². The summed E-state index contributed by atoms with van der Waals surface area (Å²) in [7, 11) is 0. The molecule has 0 radical (unpaired) electrons. The topological polar surface area (TPSA) is 62.1 Å². The quantitative estimate of drug-likeness (QED) is 0.687. The van der Waals surface area contributed by atoms with Crippen molar-refractivity contribution in [2.45, 2.75) is 25.3 Å². The molecule has 1 fully saturated rings. The summed E-state index contributed by atoms with van der Waals surface area (Å²) in [5.41, 5.74) is 2.30. The Morgan fingerprint density at radius 3 is 2.18 bits per heavy atom. The zero-order chi connectivity index (χ0) is 20.0. The van der Waals surface area contributed by atoms with Gasteiger partial charge in [0.15, 0.2) is 0 Å². The molecule has 4 heteroatoms. The second-order valence-electron chi connectivity index (χ2n) is 7.16. The molecule has 0 aromatic heterocycles. The Labute approximate surface area is 166 Å². The molecule has 0 spiro atoms. The maximum Gasteiger partial charge on any atom is 0.227 e. The molecule has 28 heavy (non-hydrogen) atoms. The van der Waals surface area contributed by atoms with E-state index >= 15 is 0 Å². The van der Waals surface area contributed by atoms with Crippen LogP contribution in [-0.4, -0.2) is 18.6 Å². The molecule has 2 aromatic carbocycles. The van der Waals surface area contributed by atoms with Crippen LogP contribution >= 0.6 is 0 Å². The number of nitrogens with one attached hydrogen (secondary N) is 1. The minimum atomic E-state index is -0.447. The second kappa shape index (κ2) is 8.58. The molecule has 1 saturated heterocycles. The van der Waals surface area contributed by atoms with Gasteiger partial charge in [-0.3, -0.25) is 4.79 Å². The molecular formula is C24H24N2O2. The van der Waals surface area contributed by atoms with Gasteiger partial charge in [0, 0.05) is 0 Å². The number of rotatable bonds is 8. The summed E-state index contributed by atoms with van der Waals surface area (Å²) in [6, 6.07) is 17.4. The zero-order valence-electron chi connectivity index (χ0n) is 15.9. The van der Waals surface area contributed by atoms with Crippen LogP contribution in [-0.2, 0) is 4.79 Å². The maximum absolute atomic E-state index is 12.5. The highest BCUT2D eigenvalue weighted by molar-refractivity contribution is 5.85. The minimum absolute atomic E-state index is 0.0226. The standard InChI is InChI=1S/C24H24N2O2/c1-3-13-24(14-4-2)15-21(26-23(24)27)17-28-22-11-9-20(10-12-22)19-7-5-18(16-25)6-8-19/h3-12,21H,1-2,13-15,17H2,(H,26,27)/t21-/m0/s1. The van der Waals surface area contributed by atoms with Gasteiger partial charge >= 0.3 is 0 Å². The van der Waals surface area contributed by atoms with E-state index in [1.165, 1.54) is 0 Å². The SMILES string of the molecule is C=CCC1(CC=C)C[C@@H](COc2ccc(-c3ccc(C#N)cc3)cc2)NC1=O. The molecule has 2 aromatic rings. The van der Waals surface area contributed by atoms with Crippen molar-refractivity contribution >= 4 is 5.91 Å². The highest BCUT2D eigenvalue weighted by Gasteiger charge is 2.44. The van der Waals surface area contributed by atoms with Crippen LogP contribution in [0.1, 0.15) is 24.8 Å². The van der Waals surface area contributed by atoms with E-state index in [-0.39, 0.29) is 11.9 Å². The van der Waals surface area contributed by atoms with Gasteiger partial charge in [-0.1, -0.05) is 36.4 Å². The van der Waals surface area contributed by atoms with Crippen LogP contribution in [0.25, 0.3) is 11.1 Å². The lowest BCUT2D eigenvalue weighted by molar-refractivity contribution is -0.127. The Hall–Kier alpha value is -3.32. The fourth-order valence-electron chi connectivity index (χ4n) is 3.72. The summed E-state index contributed by atoms with van der Waals surface area (Å²) in [5, 5.41) is 11.9. The van der Waals surface area contributed by atoms with Gasteiger partial charge in [-0.05, 0) is 54.7 Å². The summed E-state index contributed by atoms with van der Waals surface area (Å²) in [6.45, 7) is 8.00. The highest BCUT2D eigenvalue weighted by Crippen LogP contribution is 2.38. The highest BCUT2D eigenvalue weighted by atomic mass is 16.5. The van der Waals surface area contributed by atoms with Crippen LogP contribution in [0.3, 0.4) is 0 Å². The van der Waals surface area contributed by atoms with Crippen molar-refractivity contribution in [2.75, 3.05) is 6.61 Å². The summed E-state index contributed by atoms with van der Waals surface area (Å²) >= 11 is 0. The predicted octanol–water partition coefficient (Wildman–Crippen LogP) is 4.63. The molecule has 1 amide bonds. The van der Waals surface area contributed by atoms with E-state index in [0.717, 1.165) is 16.9 Å². The number of hydrogen-bond donors (Lipinski definition) is 1. The summed E-state index contributed by atoms with van der Waals surface area (Å²) in [6.07, 6.45) is 5.59. The van der Waals surface area contributed by atoms with Crippen molar-refractivity contribution in [2.24, 2.45) is 5.41 Å². The fraction of sp³-hybridized carbons (Fsp3) is 0.250. The number of carbonyl (C=O) groups excluding carboxylic acids is 1. The van der Waals surface area contributed by atoms with E-state index in [9.17, 15) is 4.79 Å². The van der Waals surface area contributed by atoms with Gasteiger partial charge in [0.05, 0.1) is 23.1 Å². The first-order valence-corrected chi connectivity index (χ1v) is 9.36. The predicted molar refractivity (Wildman–Crippen MR) is 111 cm³/mol. The lowest BCUT2D eigenvalue weighted by Gasteiger charge is -2.22. The normalized spacial score (nSPS) is 17.4. The van der Waals surface area contributed by atoms with Crippen LogP contribution in [0.4, 0.5) is 0 Å². The molecule has 1 N–H and O–H groups in total. The molecule has 0 unspecified atom stereocenters. The zero-order valence-corrected chi connectivity index (χ0v) is 15.9. The number of hydrogen-bond acceptors (Lipinski definition) is 3. The van der Waals surface area contributed by atoms with Gasteiger partial charge in [0.25, 0.3) is 0 Å². The molecule has 142 valence electrons. The first-order chi connectivity index (χ1) is 13.6. The third-order valence-corrected chi connectivity index (χ3v) is 5.18. The van der Waals surface area contributed by atoms with Gasteiger partial charge in [-0.25, -0.2) is 0 Å². The largest absolute Gasteiger partial charge is 0.491 e. The number of amides is 1. The number of ether oxygens (including phenoxy) is 1. The molecule has 4 nitrogen and oxygen atoms in total. The van der Waals surface area contributed by atoms with E-state index < -0.39 is 5.41 Å². The molecule has 1 aliphatic heterocycles. The average molecular weight is 372 g/mol. The Morgan fingerprint density at radius 1 is 1.07 bits per heavy atom. The van der Waals surface area contributed by atoms with E-state index in [1.54, 1.807) is 24.3 Å². The van der Waals surface area contributed by atoms with Gasteiger partial charge < -0.3 is 10.1 Å². The van der Waals surface area contributed by atoms with Crippen LogP contribution in [0.15, 0.2) is 73.8 Å². The van der Waals surface area contributed by atoms with Crippen LogP contribution in [0.5, 0.6) is 5.75 Å². The first kappa shape index (κ1) is 19.4. The third-order valence-electron chi connectivity index (χ3n) is 5.18. The fourth-order valence-corrected chi connectivity index (χ4v) is 3.72. The minimum Gasteiger partial charge on any atom is -0.491 e. The van der Waals surface area contributed by atoms with E-state index in [4.69, 9.17) is 10.00 Å². The summed E-state index contributed by atoms with van der Waals surface area (Å²) in [5.74, 6) is 0.814. The van der Waals surface area contributed by atoms with E-state index in [2.05, 4.69) is 24.5 Å². The van der Waals surface area contributed by atoms with Crippen molar-refractivity contribution in [1.82, 2.24) is 5.32 Å². The summed E-state index contributed by atoms with van der Waals surface area (Å²) in [4.78, 5) is 12.5. The number of nitriles is 1. The molecule has 3 rings (SSSR count). The van der Waals surface area contributed by atoms with Crippen molar-refractivity contribution in [3.05, 3.63) is 79.4 Å². The smallest absolute Gasteiger partial charge is 0.227 e. The molecule has 1 atom stereocenters. The van der Waals surface area contributed by atoms with Crippen molar-refractivity contribution < 1.29 is 9.53 Å². The van der Waals surface area contributed by atoms with Crippen molar-refractivity contribution in [3.8, 4) is 22.9 Å². The Balaban J connectivity index is 1.60. The second-order valence-corrected chi connectivity index (χ2v) is 7.16. The van der Waals surface area contributed by atoms with Crippen LogP contribution < -0.4 is 10.1 Å². The van der Waals surface area contributed by atoms with Gasteiger partial charge in [-0.15, -0.1) is 13.2 Å². The lowest BCUT2D eigenvalue weighted by atomic mass is 9.78. The Kier molecular flexibility index (Phi) is 5.96. The van der Waals surface area contributed by atoms with Gasteiger partial charge in [0.2, 0.25) is 5.91 Å². The number of nitrogens with zero attached hydrogens (tertiary/aromatic N) is 1. The molecular weight excluding hydrogens is 348 g/mol. The van der Waals surface area contributed by atoms with Crippen molar-refractivity contribution in [1.29, 1.82) is 5.26 Å². The molecule has 1 aliphatic rings. The molecule has 0 aliphatic carbocycles. The van der Waals surface area contributed by atoms with E-state index in [1.807, 2.05) is 36.4 Å². The number of carbonyl (C=O) groups is 1. The monoisotopic (exact) mass is 372 g/mol. The lowest BCUT2D eigenvalue weighted by Crippen LogP contribution is -2.33. The number of allylic oxidation sites excluding steroid dienone is 2. The Morgan fingerprint density at radius 2 is 1.64 bits per heavy atom. The van der Waals surface area contributed by atoms with E-state index in [0.29, 0.717) is 31.4 Å². The maximum atomic E-state index is 12.5. The third kappa shape index (κ3) is 4.15. The Bertz CT molecular complexity index is 882. The first-order valence-electron chi connectivity index (χ1n) is 9.36. The molecule has 1 heterocycles. The van der Waals surface area contributed by atoms with Gasteiger partial charge in [0.1, 0.15) is 12.4 Å². The van der Waals surface area contributed by atoms with Crippen LogP contribution in [0.2, 0.25) is 0 Å². The van der Waals surface area contributed by atoms with Gasteiger partial charge in [-0.2, -0.15) is 5.26 Å². The molecule has 0 bridgehead atoms. The molecule has 0 saturated carbocycles.